The molecule has 3 aromatic carbocycles. The van der Waals surface area contributed by atoms with Crippen LogP contribution in [0.3, 0.4) is 0 Å². The third kappa shape index (κ3) is 5.04. The molecule has 1 N–H and O–H groups in total. The summed E-state index contributed by atoms with van der Waals surface area (Å²) in [5.74, 6) is 0.950. The number of aromatic nitrogens is 3. The molecule has 0 saturated heterocycles. The molecule has 2 aromatic heterocycles. The summed E-state index contributed by atoms with van der Waals surface area (Å²) in [5.41, 5.74) is 3.55. The highest BCUT2D eigenvalue weighted by Gasteiger charge is 2.14. The van der Waals surface area contributed by atoms with Gasteiger partial charge in [-0.05, 0) is 30.3 Å². The van der Waals surface area contributed by atoms with Crippen LogP contribution in [-0.2, 0) is 6.54 Å². The van der Waals surface area contributed by atoms with Crippen molar-refractivity contribution in [1.82, 2.24) is 14.8 Å². The molecule has 0 atom stereocenters. The van der Waals surface area contributed by atoms with Crippen molar-refractivity contribution in [3.8, 4) is 11.5 Å². The number of ketones is 1. The van der Waals surface area contributed by atoms with E-state index in [0.717, 1.165) is 10.9 Å². The molecule has 0 aliphatic carbocycles. The van der Waals surface area contributed by atoms with Gasteiger partial charge in [-0.1, -0.05) is 42.5 Å². The van der Waals surface area contributed by atoms with E-state index in [1.165, 1.54) is 6.20 Å². The molecule has 0 saturated carbocycles. The fourth-order valence-electron chi connectivity index (χ4n) is 4.05. The lowest BCUT2D eigenvalue weighted by Crippen LogP contribution is -2.13. The molecule has 0 aliphatic heterocycles. The molecule has 5 rings (SSSR count). The van der Waals surface area contributed by atoms with E-state index in [4.69, 9.17) is 9.47 Å². The molecule has 0 unspecified atom stereocenters. The molecule has 8 nitrogen and oxygen atoms in total. The molecule has 8 heteroatoms. The maximum Gasteiger partial charge on any atom is 0.257 e. The van der Waals surface area contributed by atoms with Crippen LogP contribution in [0.2, 0.25) is 0 Å². The molecule has 184 valence electrons. The highest BCUT2D eigenvalue weighted by Crippen LogP contribution is 2.26. The summed E-state index contributed by atoms with van der Waals surface area (Å²) in [7, 11) is 3.21. The summed E-state index contributed by atoms with van der Waals surface area (Å²) in [6.45, 7) is 0.442. The van der Waals surface area contributed by atoms with E-state index < -0.39 is 0 Å². The van der Waals surface area contributed by atoms with Crippen LogP contribution in [-0.4, -0.2) is 40.7 Å². The number of anilines is 1. The second-order valence-electron chi connectivity index (χ2n) is 8.35. The quantitative estimate of drug-likeness (QED) is 0.307. The molecule has 5 aromatic rings. The fraction of sp³-hybridized carbons (Fsp3) is 0.103. The first-order valence-electron chi connectivity index (χ1n) is 11.6. The van der Waals surface area contributed by atoms with E-state index in [9.17, 15) is 9.59 Å². The van der Waals surface area contributed by atoms with Gasteiger partial charge in [-0.2, -0.15) is 5.10 Å². The van der Waals surface area contributed by atoms with Crippen LogP contribution in [0, 0.1) is 0 Å². The largest absolute Gasteiger partial charge is 0.497 e. The van der Waals surface area contributed by atoms with Crippen molar-refractivity contribution < 1.29 is 19.1 Å². The van der Waals surface area contributed by atoms with E-state index in [1.54, 1.807) is 67.6 Å². The van der Waals surface area contributed by atoms with Crippen molar-refractivity contribution in [2.24, 2.45) is 0 Å². The van der Waals surface area contributed by atoms with Crippen LogP contribution < -0.4 is 14.8 Å². The fourth-order valence-corrected chi connectivity index (χ4v) is 4.05. The number of hydrogen-bond acceptors (Lipinski definition) is 6. The molecule has 0 fully saturated rings. The van der Waals surface area contributed by atoms with Gasteiger partial charge >= 0.3 is 0 Å². The Labute approximate surface area is 213 Å². The van der Waals surface area contributed by atoms with E-state index in [-0.39, 0.29) is 11.7 Å². The summed E-state index contributed by atoms with van der Waals surface area (Å²) in [4.78, 5) is 30.2. The molecule has 1 amide bonds. The van der Waals surface area contributed by atoms with Crippen molar-refractivity contribution >= 4 is 28.4 Å². The molecule has 0 spiro atoms. The number of pyridine rings is 1. The Morgan fingerprint density at radius 2 is 1.65 bits per heavy atom. The Morgan fingerprint density at radius 3 is 2.43 bits per heavy atom. The summed E-state index contributed by atoms with van der Waals surface area (Å²) in [5, 5.41) is 8.04. The van der Waals surface area contributed by atoms with Crippen molar-refractivity contribution in [3.63, 3.8) is 0 Å². The number of nitrogens with zero attached hydrogens (tertiary/aromatic N) is 3. The van der Waals surface area contributed by atoms with Crippen LogP contribution in [0.25, 0.3) is 11.0 Å². The molecular weight excluding hydrogens is 468 g/mol. The highest BCUT2D eigenvalue weighted by molar-refractivity contribution is 6.10. The van der Waals surface area contributed by atoms with Gasteiger partial charge in [-0.3, -0.25) is 9.59 Å². The number of methoxy groups -OCH3 is 2. The topological polar surface area (TPSA) is 95.3 Å². The second-order valence-corrected chi connectivity index (χ2v) is 8.35. The predicted octanol–water partition coefficient (Wildman–Crippen LogP) is 4.98. The zero-order chi connectivity index (χ0) is 25.8. The van der Waals surface area contributed by atoms with Crippen LogP contribution in [0.5, 0.6) is 11.5 Å². The Hall–Kier alpha value is -4.98. The number of rotatable bonds is 8. The van der Waals surface area contributed by atoms with Gasteiger partial charge in [0, 0.05) is 40.0 Å². The lowest BCUT2D eigenvalue weighted by molar-refractivity contribution is 0.102. The Kier molecular flexibility index (Phi) is 6.63. The van der Waals surface area contributed by atoms with E-state index >= 15 is 0 Å². The first kappa shape index (κ1) is 23.7. The van der Waals surface area contributed by atoms with Crippen molar-refractivity contribution in [2.45, 2.75) is 6.54 Å². The zero-order valence-electron chi connectivity index (χ0n) is 20.3. The highest BCUT2D eigenvalue weighted by atomic mass is 16.5. The first-order valence-corrected chi connectivity index (χ1v) is 11.6. The van der Waals surface area contributed by atoms with E-state index in [1.807, 2.05) is 36.4 Å². The van der Waals surface area contributed by atoms with Crippen LogP contribution in [0.4, 0.5) is 5.69 Å². The van der Waals surface area contributed by atoms with E-state index in [2.05, 4.69) is 15.4 Å². The number of fused-ring (bicyclic) bond motifs is 1. The summed E-state index contributed by atoms with van der Waals surface area (Å²) < 4.78 is 12.5. The minimum Gasteiger partial charge on any atom is -0.497 e. The number of amides is 1. The standard InChI is InChI=1S/C29H24N4O4/c1-36-25-12-11-21(26(15-25)37-2)18-33-28-22(17-31-33)13-23(16-30-28)29(35)32-24-10-6-9-20(14-24)27(34)19-7-4-3-5-8-19/h3-17H,18H2,1-2H3,(H,32,35). The molecule has 0 aliphatic rings. The van der Waals surface area contributed by atoms with Crippen LogP contribution in [0.15, 0.2) is 91.3 Å². The molecule has 0 bridgehead atoms. The van der Waals surface area contributed by atoms with Gasteiger partial charge in [0.1, 0.15) is 11.5 Å². The lowest BCUT2D eigenvalue weighted by Gasteiger charge is -2.11. The third-order valence-corrected chi connectivity index (χ3v) is 5.97. The number of carbonyl (C=O) groups is 2. The SMILES string of the molecule is COc1ccc(Cn2ncc3cc(C(=O)Nc4cccc(C(=O)c5ccccc5)c4)cnc32)c(OC)c1. The van der Waals surface area contributed by atoms with Crippen molar-refractivity contribution in [2.75, 3.05) is 19.5 Å². The summed E-state index contributed by atoms with van der Waals surface area (Å²) in [6, 6.07) is 23.2. The molecule has 0 radical (unpaired) electrons. The van der Waals surface area contributed by atoms with Gasteiger partial charge in [0.15, 0.2) is 11.4 Å². The van der Waals surface area contributed by atoms with E-state index in [0.29, 0.717) is 46.1 Å². The van der Waals surface area contributed by atoms with Gasteiger partial charge in [0.25, 0.3) is 5.91 Å². The third-order valence-electron chi connectivity index (χ3n) is 5.97. The van der Waals surface area contributed by atoms with Crippen LogP contribution >= 0.6 is 0 Å². The zero-order valence-corrected chi connectivity index (χ0v) is 20.3. The second kappa shape index (κ2) is 10.3. The number of hydrogen-bond donors (Lipinski definition) is 1. The van der Waals surface area contributed by atoms with Crippen LogP contribution in [0.1, 0.15) is 31.8 Å². The monoisotopic (exact) mass is 492 g/mol. The molecule has 37 heavy (non-hydrogen) atoms. The molecular formula is C29H24N4O4. The number of nitrogens with one attached hydrogen (secondary N) is 1. The van der Waals surface area contributed by atoms with Gasteiger partial charge in [-0.25, -0.2) is 9.67 Å². The Bertz CT molecular complexity index is 1590. The van der Waals surface area contributed by atoms with Gasteiger partial charge in [-0.15, -0.1) is 0 Å². The van der Waals surface area contributed by atoms with Crippen molar-refractivity contribution in [1.29, 1.82) is 0 Å². The Morgan fingerprint density at radius 1 is 0.838 bits per heavy atom. The normalized spacial score (nSPS) is 10.8. The van der Waals surface area contributed by atoms with Gasteiger partial charge in [0.05, 0.1) is 32.5 Å². The average molecular weight is 493 g/mol. The molecule has 2 heterocycles. The average Bonchev–Trinajstić information content (AvgIpc) is 3.35. The number of carbonyl (C=O) groups excluding carboxylic acids is 2. The Balaban J connectivity index is 1.33. The summed E-state index contributed by atoms with van der Waals surface area (Å²) >= 11 is 0. The van der Waals surface area contributed by atoms with Gasteiger partial charge in [0.2, 0.25) is 0 Å². The lowest BCUT2D eigenvalue weighted by atomic mass is 10.0. The van der Waals surface area contributed by atoms with Gasteiger partial charge < -0.3 is 14.8 Å². The maximum absolute atomic E-state index is 13.0. The number of benzene rings is 3. The smallest absolute Gasteiger partial charge is 0.257 e. The first-order chi connectivity index (χ1) is 18.1. The minimum absolute atomic E-state index is 0.110. The maximum atomic E-state index is 13.0. The number of ether oxygens (including phenoxy) is 2. The summed E-state index contributed by atoms with van der Waals surface area (Å²) in [6.07, 6.45) is 3.19. The minimum atomic E-state index is -0.330. The predicted molar refractivity (Wildman–Crippen MR) is 140 cm³/mol. The van der Waals surface area contributed by atoms with Crippen molar-refractivity contribution in [3.05, 3.63) is 114 Å².